The molecule has 0 aliphatic carbocycles. The molecule has 0 fully saturated rings. The molecule has 3 heterocycles. The maximum Gasteiger partial charge on any atom is 0.374 e. The van der Waals surface area contributed by atoms with Crippen LogP contribution in [0.1, 0.15) is 20.9 Å². The molecule has 0 aromatic carbocycles. The number of carbonyl (C=O) groups is 2. The molecule has 3 aromatic rings. The van der Waals surface area contributed by atoms with Crippen molar-refractivity contribution in [2.24, 2.45) is 0 Å². The van der Waals surface area contributed by atoms with Gasteiger partial charge in [-0.3, -0.25) is 20.2 Å². The summed E-state index contributed by atoms with van der Waals surface area (Å²) in [7, 11) is 2.17. The summed E-state index contributed by atoms with van der Waals surface area (Å²) in [5, 5.41) is 21.7. The van der Waals surface area contributed by atoms with E-state index in [1.165, 1.54) is 24.3 Å². The van der Waals surface area contributed by atoms with Crippen molar-refractivity contribution in [1.29, 1.82) is 0 Å². The van der Waals surface area contributed by atoms with E-state index in [1.807, 2.05) is 0 Å². The van der Waals surface area contributed by atoms with E-state index in [4.69, 9.17) is 9.15 Å². The van der Waals surface area contributed by atoms with Crippen molar-refractivity contribution in [3.63, 3.8) is 0 Å². The second kappa shape index (κ2) is 7.81. The van der Waals surface area contributed by atoms with Crippen LogP contribution < -0.4 is 0 Å². The van der Waals surface area contributed by atoms with Crippen molar-refractivity contribution in [3.8, 4) is 21.1 Å². The number of nitrogens with zero attached hydrogens (tertiary/aromatic N) is 2. The minimum absolute atomic E-state index is 0.0411. The average molecular weight is 438 g/mol. The zero-order chi connectivity index (χ0) is 21.3. The van der Waals surface area contributed by atoms with Crippen LogP contribution in [0.4, 0.5) is 10.0 Å². The first-order valence-electron chi connectivity index (χ1n) is 7.61. The minimum Gasteiger partial charge on any atom is -0.465 e. The van der Waals surface area contributed by atoms with Gasteiger partial charge in [0.05, 0.1) is 34.5 Å². The molecule has 0 N–H and O–H groups in total. The van der Waals surface area contributed by atoms with Gasteiger partial charge in [0.2, 0.25) is 5.76 Å². The van der Waals surface area contributed by atoms with Crippen LogP contribution in [-0.2, 0) is 9.47 Å². The number of hydrogen-bond donors (Lipinski definition) is 0. The third-order valence-corrected chi connectivity index (χ3v) is 5.77. The Morgan fingerprint density at radius 1 is 0.897 bits per heavy atom. The maximum atomic E-state index is 12.4. The molecule has 29 heavy (non-hydrogen) atoms. The van der Waals surface area contributed by atoms with Crippen molar-refractivity contribution in [1.82, 2.24) is 0 Å². The largest absolute Gasteiger partial charge is 0.465 e. The number of esters is 2. The third-order valence-electron chi connectivity index (χ3n) is 3.68. The first-order chi connectivity index (χ1) is 13.8. The average Bonchev–Trinajstić information content (AvgIpc) is 3.43. The van der Waals surface area contributed by atoms with Crippen molar-refractivity contribution in [2.45, 2.75) is 0 Å². The predicted molar refractivity (Wildman–Crippen MR) is 101 cm³/mol. The highest BCUT2D eigenvalue weighted by atomic mass is 32.1. The SMILES string of the molecule is COC(=O)c1oc(-c2ccc([N+](=O)[O-])s2)c(-c2ccc([N+](=O)[O-])s2)c1C(=O)OC. The lowest BCUT2D eigenvalue weighted by atomic mass is 10.1. The fourth-order valence-electron chi connectivity index (χ4n) is 2.48. The number of nitro groups is 2. The second-order valence-corrected chi connectivity index (χ2v) is 7.41. The van der Waals surface area contributed by atoms with E-state index in [0.29, 0.717) is 0 Å². The molecule has 0 bridgehead atoms. The summed E-state index contributed by atoms with van der Waals surface area (Å²) in [6.07, 6.45) is 0. The van der Waals surface area contributed by atoms with Gasteiger partial charge in [0.25, 0.3) is 0 Å². The van der Waals surface area contributed by atoms with Crippen LogP contribution in [0.5, 0.6) is 0 Å². The quantitative estimate of drug-likeness (QED) is 0.314. The highest BCUT2D eigenvalue weighted by Gasteiger charge is 2.34. The molecule has 0 saturated carbocycles. The van der Waals surface area contributed by atoms with Crippen LogP contribution in [-0.4, -0.2) is 36.0 Å². The van der Waals surface area contributed by atoms with Crippen molar-refractivity contribution in [3.05, 3.63) is 55.8 Å². The molecule has 0 spiro atoms. The number of hydrogen-bond acceptors (Lipinski definition) is 11. The molecule has 11 nitrogen and oxygen atoms in total. The normalized spacial score (nSPS) is 10.6. The minimum atomic E-state index is -0.977. The topological polar surface area (TPSA) is 152 Å². The highest BCUT2D eigenvalue weighted by Crippen LogP contribution is 2.46. The molecule has 0 aliphatic heterocycles. The molecule has 150 valence electrons. The van der Waals surface area contributed by atoms with Crippen LogP contribution >= 0.6 is 22.7 Å². The van der Waals surface area contributed by atoms with Crippen LogP contribution in [0.25, 0.3) is 21.1 Å². The van der Waals surface area contributed by atoms with Gasteiger partial charge >= 0.3 is 21.9 Å². The Morgan fingerprint density at radius 3 is 1.90 bits per heavy atom. The lowest BCUT2D eigenvalue weighted by Gasteiger charge is -2.02. The molecular formula is C16H10N2O9S2. The van der Waals surface area contributed by atoms with Gasteiger partial charge in [0.15, 0.2) is 5.76 Å². The van der Waals surface area contributed by atoms with Gasteiger partial charge in [-0.15, -0.1) is 0 Å². The smallest absolute Gasteiger partial charge is 0.374 e. The van der Waals surface area contributed by atoms with E-state index >= 15 is 0 Å². The van der Waals surface area contributed by atoms with Crippen LogP contribution in [0, 0.1) is 20.2 Å². The predicted octanol–water partition coefficient (Wildman–Crippen LogP) is 4.13. The van der Waals surface area contributed by atoms with Crippen LogP contribution in [0.15, 0.2) is 28.7 Å². The Bertz CT molecular complexity index is 1140. The van der Waals surface area contributed by atoms with E-state index in [2.05, 4.69) is 4.74 Å². The van der Waals surface area contributed by atoms with E-state index in [0.717, 1.165) is 36.9 Å². The number of thiophene rings is 2. The van der Waals surface area contributed by atoms with Gasteiger partial charge in [0.1, 0.15) is 5.56 Å². The summed E-state index contributed by atoms with van der Waals surface area (Å²) in [5.41, 5.74) is -0.241. The number of furan rings is 1. The lowest BCUT2D eigenvalue weighted by Crippen LogP contribution is -2.10. The summed E-state index contributed by atoms with van der Waals surface area (Å²) in [5.74, 6) is -2.43. The van der Waals surface area contributed by atoms with E-state index in [1.54, 1.807) is 0 Å². The molecular weight excluding hydrogens is 428 g/mol. The van der Waals surface area contributed by atoms with Gasteiger partial charge in [-0.25, -0.2) is 9.59 Å². The molecule has 0 radical (unpaired) electrons. The fraction of sp³-hybridized carbons (Fsp3) is 0.125. The Morgan fingerprint density at radius 2 is 1.41 bits per heavy atom. The number of rotatable bonds is 6. The van der Waals surface area contributed by atoms with Gasteiger partial charge < -0.3 is 13.9 Å². The van der Waals surface area contributed by atoms with Gasteiger partial charge in [-0.05, 0) is 12.1 Å². The van der Waals surface area contributed by atoms with Crippen LogP contribution in [0.3, 0.4) is 0 Å². The molecule has 13 heteroatoms. The molecule has 0 unspecified atom stereocenters. The Kier molecular flexibility index (Phi) is 5.43. The summed E-state index contributed by atoms with van der Waals surface area (Å²) < 4.78 is 15.0. The molecule has 0 saturated heterocycles. The van der Waals surface area contributed by atoms with E-state index in [-0.39, 0.29) is 36.6 Å². The summed E-state index contributed by atoms with van der Waals surface area (Å²) in [6, 6.07) is 5.23. The highest BCUT2D eigenvalue weighted by molar-refractivity contribution is 7.19. The van der Waals surface area contributed by atoms with Crippen molar-refractivity contribution >= 4 is 44.6 Å². The van der Waals surface area contributed by atoms with E-state index in [9.17, 15) is 29.8 Å². The van der Waals surface area contributed by atoms with Gasteiger partial charge in [0, 0.05) is 17.0 Å². The van der Waals surface area contributed by atoms with Gasteiger partial charge in [-0.1, -0.05) is 22.7 Å². The first-order valence-corrected chi connectivity index (χ1v) is 9.24. The van der Waals surface area contributed by atoms with Gasteiger partial charge in [-0.2, -0.15) is 0 Å². The number of ether oxygens (including phenoxy) is 2. The molecule has 3 rings (SSSR count). The van der Waals surface area contributed by atoms with Crippen molar-refractivity contribution in [2.75, 3.05) is 14.2 Å². The molecule has 3 aromatic heterocycles. The van der Waals surface area contributed by atoms with Crippen molar-refractivity contribution < 1.29 is 33.3 Å². The number of carbonyl (C=O) groups excluding carboxylic acids is 2. The summed E-state index contributed by atoms with van der Waals surface area (Å²) >= 11 is 1.49. The lowest BCUT2D eigenvalue weighted by molar-refractivity contribution is -0.380. The standard InChI is InChI=1S/C16H10N2O9S2/c1-25-15(19)12-11(7-3-5-9(28-7)17(21)22)13(27-14(12)16(20)26-2)8-4-6-10(29-8)18(23)24/h3-6H,1-2H3. The number of methoxy groups -OCH3 is 2. The molecule has 0 aliphatic rings. The zero-order valence-corrected chi connectivity index (χ0v) is 16.3. The van der Waals surface area contributed by atoms with E-state index < -0.39 is 27.5 Å². The Hall–Kier alpha value is -3.58. The molecule has 0 amide bonds. The Balaban J connectivity index is 2.34. The summed E-state index contributed by atoms with van der Waals surface area (Å²) in [4.78, 5) is 46.0. The van der Waals surface area contributed by atoms with Crippen LogP contribution in [0.2, 0.25) is 0 Å². The zero-order valence-electron chi connectivity index (χ0n) is 14.7. The molecule has 0 atom stereocenters. The fourth-order valence-corrected chi connectivity index (χ4v) is 4.16. The first kappa shape index (κ1) is 20.2. The second-order valence-electron chi connectivity index (χ2n) is 5.28. The Labute approximate surface area is 169 Å². The summed E-state index contributed by atoms with van der Waals surface area (Å²) in [6.45, 7) is 0. The maximum absolute atomic E-state index is 12.4. The monoisotopic (exact) mass is 438 g/mol. The third kappa shape index (κ3) is 3.60.